The van der Waals surface area contributed by atoms with Crippen LogP contribution < -0.4 is 4.74 Å². The summed E-state index contributed by atoms with van der Waals surface area (Å²) in [6.45, 7) is 0.385. The molecule has 1 aromatic heterocycles. The van der Waals surface area contributed by atoms with Gasteiger partial charge in [0.2, 0.25) is 0 Å². The maximum Gasteiger partial charge on any atom is 0.120 e. The van der Waals surface area contributed by atoms with Gasteiger partial charge in [0.1, 0.15) is 12.4 Å². The van der Waals surface area contributed by atoms with E-state index < -0.39 is 0 Å². The molecule has 15 heavy (non-hydrogen) atoms. The van der Waals surface area contributed by atoms with Crippen molar-refractivity contribution in [1.82, 2.24) is 0 Å². The van der Waals surface area contributed by atoms with E-state index in [1.807, 2.05) is 24.3 Å². The molecule has 0 saturated carbocycles. The molecule has 0 radical (unpaired) electrons. The van der Waals surface area contributed by atoms with Crippen molar-refractivity contribution >= 4 is 11.3 Å². The minimum atomic E-state index is 0.0443. The predicted molar refractivity (Wildman–Crippen MR) is 62.3 cm³/mol. The maximum absolute atomic E-state index is 8.66. The SMILES string of the molecule is OCCOc1cccc(-c2ccsc2)c1. The van der Waals surface area contributed by atoms with E-state index in [0.717, 1.165) is 11.3 Å². The standard InChI is InChI=1S/C12H12O2S/c13-5-6-14-12-3-1-2-10(8-12)11-4-7-15-9-11/h1-4,7-9,13H,5-6H2. The average Bonchev–Trinajstić information content (AvgIpc) is 2.80. The minimum absolute atomic E-state index is 0.0443. The summed E-state index contributed by atoms with van der Waals surface area (Å²) in [5.74, 6) is 0.799. The Labute approximate surface area is 92.8 Å². The average molecular weight is 220 g/mol. The van der Waals surface area contributed by atoms with Crippen molar-refractivity contribution in [2.24, 2.45) is 0 Å². The Bertz CT molecular complexity index is 409. The molecule has 0 amide bonds. The van der Waals surface area contributed by atoms with E-state index in [-0.39, 0.29) is 6.61 Å². The van der Waals surface area contributed by atoms with Gasteiger partial charge in [-0.15, -0.1) is 0 Å². The lowest BCUT2D eigenvalue weighted by Crippen LogP contribution is -2.01. The minimum Gasteiger partial charge on any atom is -0.491 e. The first-order valence-corrected chi connectivity index (χ1v) is 5.71. The number of hydrogen-bond acceptors (Lipinski definition) is 3. The number of benzene rings is 1. The summed E-state index contributed by atoms with van der Waals surface area (Å²) in [6, 6.07) is 9.96. The van der Waals surface area contributed by atoms with Crippen LogP contribution in [0.25, 0.3) is 11.1 Å². The summed E-state index contributed by atoms with van der Waals surface area (Å²) in [6.07, 6.45) is 0. The van der Waals surface area contributed by atoms with E-state index in [1.54, 1.807) is 11.3 Å². The fourth-order valence-electron chi connectivity index (χ4n) is 1.36. The Morgan fingerprint density at radius 1 is 1.20 bits per heavy atom. The molecular formula is C12H12O2S. The quantitative estimate of drug-likeness (QED) is 0.858. The molecule has 0 aliphatic heterocycles. The third-order valence-electron chi connectivity index (χ3n) is 2.05. The van der Waals surface area contributed by atoms with Gasteiger partial charge in [0.05, 0.1) is 6.61 Å². The van der Waals surface area contributed by atoms with Crippen molar-refractivity contribution < 1.29 is 9.84 Å². The molecule has 3 heteroatoms. The van der Waals surface area contributed by atoms with Gasteiger partial charge in [0, 0.05) is 0 Å². The zero-order valence-electron chi connectivity index (χ0n) is 8.22. The lowest BCUT2D eigenvalue weighted by atomic mass is 10.1. The highest BCUT2D eigenvalue weighted by atomic mass is 32.1. The second-order valence-corrected chi connectivity index (χ2v) is 3.89. The molecule has 0 atom stereocenters. The molecule has 0 unspecified atom stereocenters. The molecule has 0 bridgehead atoms. The molecule has 0 saturated heterocycles. The van der Waals surface area contributed by atoms with Gasteiger partial charge >= 0.3 is 0 Å². The highest BCUT2D eigenvalue weighted by molar-refractivity contribution is 7.08. The monoisotopic (exact) mass is 220 g/mol. The summed E-state index contributed by atoms with van der Waals surface area (Å²) >= 11 is 1.68. The Hall–Kier alpha value is -1.32. The Morgan fingerprint density at radius 2 is 2.13 bits per heavy atom. The molecule has 2 aromatic rings. The molecule has 1 aromatic carbocycles. The van der Waals surface area contributed by atoms with Crippen LogP contribution in [0.1, 0.15) is 0 Å². The summed E-state index contributed by atoms with van der Waals surface area (Å²) in [7, 11) is 0. The zero-order chi connectivity index (χ0) is 10.5. The predicted octanol–water partition coefficient (Wildman–Crippen LogP) is 2.79. The smallest absolute Gasteiger partial charge is 0.120 e. The summed E-state index contributed by atoms with van der Waals surface area (Å²) in [4.78, 5) is 0. The number of aliphatic hydroxyl groups is 1. The van der Waals surface area contributed by atoms with Crippen LogP contribution in [-0.2, 0) is 0 Å². The lowest BCUT2D eigenvalue weighted by Gasteiger charge is -2.05. The van der Waals surface area contributed by atoms with Crippen molar-refractivity contribution in [3.8, 4) is 16.9 Å². The highest BCUT2D eigenvalue weighted by Gasteiger charge is 1.99. The van der Waals surface area contributed by atoms with Crippen molar-refractivity contribution in [1.29, 1.82) is 0 Å². The van der Waals surface area contributed by atoms with Crippen molar-refractivity contribution in [3.63, 3.8) is 0 Å². The van der Waals surface area contributed by atoms with Crippen LogP contribution >= 0.6 is 11.3 Å². The highest BCUT2D eigenvalue weighted by Crippen LogP contribution is 2.25. The number of hydrogen-bond donors (Lipinski definition) is 1. The Kier molecular flexibility index (Phi) is 3.37. The van der Waals surface area contributed by atoms with Gasteiger partial charge in [-0.05, 0) is 40.1 Å². The molecule has 1 N–H and O–H groups in total. The molecule has 1 heterocycles. The molecular weight excluding hydrogens is 208 g/mol. The van der Waals surface area contributed by atoms with E-state index in [0.29, 0.717) is 6.61 Å². The topological polar surface area (TPSA) is 29.5 Å². The van der Waals surface area contributed by atoms with E-state index in [4.69, 9.17) is 9.84 Å². The Balaban J connectivity index is 2.19. The second kappa shape index (κ2) is 4.96. The van der Waals surface area contributed by atoms with Crippen LogP contribution in [0.15, 0.2) is 41.1 Å². The molecule has 0 aliphatic rings. The van der Waals surface area contributed by atoms with Gasteiger partial charge in [0.15, 0.2) is 0 Å². The van der Waals surface area contributed by atoms with E-state index in [1.165, 1.54) is 5.56 Å². The second-order valence-electron chi connectivity index (χ2n) is 3.11. The maximum atomic E-state index is 8.66. The van der Waals surface area contributed by atoms with E-state index >= 15 is 0 Å². The van der Waals surface area contributed by atoms with Crippen LogP contribution in [0.4, 0.5) is 0 Å². The number of aliphatic hydroxyl groups excluding tert-OH is 1. The van der Waals surface area contributed by atoms with Crippen LogP contribution in [0.3, 0.4) is 0 Å². The van der Waals surface area contributed by atoms with Gasteiger partial charge < -0.3 is 9.84 Å². The molecule has 0 spiro atoms. The van der Waals surface area contributed by atoms with E-state index in [2.05, 4.69) is 16.8 Å². The van der Waals surface area contributed by atoms with Crippen molar-refractivity contribution in [2.45, 2.75) is 0 Å². The summed E-state index contributed by atoms with van der Waals surface area (Å²) < 4.78 is 5.35. The third kappa shape index (κ3) is 2.58. The molecule has 2 nitrogen and oxygen atoms in total. The number of thiophene rings is 1. The summed E-state index contributed by atoms with van der Waals surface area (Å²) in [5, 5.41) is 12.8. The Morgan fingerprint density at radius 3 is 2.87 bits per heavy atom. The van der Waals surface area contributed by atoms with Gasteiger partial charge in [-0.2, -0.15) is 11.3 Å². The first kappa shape index (κ1) is 10.2. The van der Waals surface area contributed by atoms with Crippen LogP contribution in [0, 0.1) is 0 Å². The fraction of sp³-hybridized carbons (Fsp3) is 0.167. The summed E-state index contributed by atoms with van der Waals surface area (Å²) in [5.41, 5.74) is 2.35. The van der Waals surface area contributed by atoms with Crippen LogP contribution in [-0.4, -0.2) is 18.3 Å². The molecule has 0 fully saturated rings. The molecule has 0 aliphatic carbocycles. The zero-order valence-corrected chi connectivity index (χ0v) is 9.04. The largest absolute Gasteiger partial charge is 0.491 e. The number of rotatable bonds is 4. The normalized spacial score (nSPS) is 10.2. The fourth-order valence-corrected chi connectivity index (χ4v) is 2.02. The van der Waals surface area contributed by atoms with Gasteiger partial charge in [-0.25, -0.2) is 0 Å². The third-order valence-corrected chi connectivity index (χ3v) is 2.73. The first-order chi connectivity index (χ1) is 7.40. The van der Waals surface area contributed by atoms with Crippen LogP contribution in [0.2, 0.25) is 0 Å². The lowest BCUT2D eigenvalue weighted by molar-refractivity contribution is 0.201. The van der Waals surface area contributed by atoms with Gasteiger partial charge in [-0.3, -0.25) is 0 Å². The van der Waals surface area contributed by atoms with Crippen molar-refractivity contribution in [3.05, 3.63) is 41.1 Å². The van der Waals surface area contributed by atoms with Crippen molar-refractivity contribution in [2.75, 3.05) is 13.2 Å². The molecule has 78 valence electrons. The molecule has 2 rings (SSSR count). The van der Waals surface area contributed by atoms with Crippen LogP contribution in [0.5, 0.6) is 5.75 Å². The van der Waals surface area contributed by atoms with E-state index in [9.17, 15) is 0 Å². The number of ether oxygens (including phenoxy) is 1. The van der Waals surface area contributed by atoms with Gasteiger partial charge in [-0.1, -0.05) is 12.1 Å². The van der Waals surface area contributed by atoms with Gasteiger partial charge in [0.25, 0.3) is 0 Å². The first-order valence-electron chi connectivity index (χ1n) is 4.76.